The highest BCUT2D eigenvalue weighted by molar-refractivity contribution is 8.14. The first-order valence-electron chi connectivity index (χ1n) is 14.7. The molecule has 3 aromatic carbocycles. The zero-order valence-corrected chi connectivity index (χ0v) is 26.6. The van der Waals surface area contributed by atoms with Crippen LogP contribution in [0.5, 0.6) is 5.75 Å². The molecule has 1 saturated heterocycles. The second-order valence-corrected chi connectivity index (χ2v) is 12.2. The van der Waals surface area contributed by atoms with E-state index < -0.39 is 18.6 Å². The fraction of sp³-hybridized carbons (Fsp3) is 0.333. The molecule has 9 nitrogen and oxygen atoms in total. The van der Waals surface area contributed by atoms with E-state index >= 15 is 0 Å². The molecule has 1 fully saturated rings. The maximum Gasteiger partial charge on any atom is 0.573 e. The van der Waals surface area contributed by atoms with Crippen LogP contribution in [0, 0.1) is 32.1 Å². The number of aromatic nitrogens is 3. The van der Waals surface area contributed by atoms with Crippen molar-refractivity contribution in [3.8, 4) is 28.9 Å². The lowest BCUT2D eigenvalue weighted by Crippen LogP contribution is -2.44. The van der Waals surface area contributed by atoms with Crippen LogP contribution >= 0.6 is 11.8 Å². The highest BCUT2D eigenvalue weighted by atomic mass is 32.2. The number of aliphatic hydroxyl groups excluding tert-OH is 1. The van der Waals surface area contributed by atoms with Crippen LogP contribution < -0.4 is 15.0 Å². The maximum atomic E-state index is 12.4. The first-order valence-corrected chi connectivity index (χ1v) is 15.7. The SMILES string of the molecule is Cc1cc(C)c(N2/C(=N/C(O)NCC(C#N)c3ccc(-c4ncn(-c5ccc(OC(F)(F)F)cc5)n4)cc3)SCCC2C)c(C)c1. The molecule has 2 N–H and O–H groups in total. The molecule has 2 heterocycles. The fourth-order valence-corrected chi connectivity index (χ4v) is 6.70. The minimum absolute atomic E-state index is 0.178. The zero-order chi connectivity index (χ0) is 33.0. The molecule has 1 aliphatic heterocycles. The number of rotatable bonds is 9. The van der Waals surface area contributed by atoms with Crippen molar-refractivity contribution in [2.45, 2.75) is 58.8 Å². The summed E-state index contributed by atoms with van der Waals surface area (Å²) in [7, 11) is 0. The normalized spacial score (nSPS) is 17.5. The number of aliphatic hydroxyl groups is 1. The first-order chi connectivity index (χ1) is 21.9. The van der Waals surface area contributed by atoms with Crippen molar-refractivity contribution in [3.05, 3.63) is 89.2 Å². The molecule has 4 aromatic rings. The van der Waals surface area contributed by atoms with Gasteiger partial charge < -0.3 is 14.7 Å². The Bertz CT molecular complexity index is 1710. The van der Waals surface area contributed by atoms with E-state index in [0.29, 0.717) is 17.1 Å². The van der Waals surface area contributed by atoms with Crippen molar-refractivity contribution in [2.24, 2.45) is 4.99 Å². The number of hydrogen-bond donors (Lipinski definition) is 2. The molecular weight excluding hydrogens is 615 g/mol. The number of nitrogens with zero attached hydrogens (tertiary/aromatic N) is 6. The minimum atomic E-state index is -4.77. The zero-order valence-electron chi connectivity index (χ0n) is 25.8. The summed E-state index contributed by atoms with van der Waals surface area (Å²) in [5.74, 6) is 0.423. The van der Waals surface area contributed by atoms with E-state index in [-0.39, 0.29) is 18.3 Å². The Morgan fingerprint density at radius 1 is 1.11 bits per heavy atom. The number of aryl methyl sites for hydroxylation is 3. The van der Waals surface area contributed by atoms with Crippen LogP contribution in [0.4, 0.5) is 18.9 Å². The van der Waals surface area contributed by atoms with E-state index in [1.165, 1.54) is 40.8 Å². The molecule has 1 aliphatic rings. The highest BCUT2D eigenvalue weighted by Crippen LogP contribution is 2.35. The van der Waals surface area contributed by atoms with Gasteiger partial charge in [0.05, 0.1) is 17.7 Å². The van der Waals surface area contributed by atoms with Gasteiger partial charge in [0.25, 0.3) is 0 Å². The summed E-state index contributed by atoms with van der Waals surface area (Å²) in [6.07, 6.45) is -3.51. The fourth-order valence-electron chi connectivity index (χ4n) is 5.47. The van der Waals surface area contributed by atoms with Gasteiger partial charge in [-0.05, 0) is 75.1 Å². The van der Waals surface area contributed by atoms with Crippen LogP contribution in [-0.4, -0.2) is 56.1 Å². The Labute approximate surface area is 269 Å². The van der Waals surface area contributed by atoms with Gasteiger partial charge in [0.2, 0.25) is 6.35 Å². The summed E-state index contributed by atoms with van der Waals surface area (Å²) >= 11 is 1.61. The third-order valence-corrected chi connectivity index (χ3v) is 8.58. The molecule has 5 rings (SSSR count). The smallest absolute Gasteiger partial charge is 0.406 e. The van der Waals surface area contributed by atoms with Gasteiger partial charge in [-0.3, -0.25) is 5.32 Å². The number of ether oxygens (including phenoxy) is 1. The number of nitrogens with one attached hydrogen (secondary N) is 1. The third kappa shape index (κ3) is 7.88. The molecular formula is C33H34F3N7O2S. The second-order valence-electron chi connectivity index (χ2n) is 11.2. The average molecular weight is 650 g/mol. The van der Waals surface area contributed by atoms with Crippen molar-refractivity contribution in [1.29, 1.82) is 5.26 Å². The molecule has 1 aromatic heterocycles. The molecule has 0 amide bonds. The number of nitriles is 1. The van der Waals surface area contributed by atoms with Gasteiger partial charge in [-0.15, -0.1) is 18.3 Å². The Kier molecular flexibility index (Phi) is 10.0. The quantitative estimate of drug-likeness (QED) is 0.195. The maximum absolute atomic E-state index is 12.4. The van der Waals surface area contributed by atoms with E-state index in [4.69, 9.17) is 0 Å². The van der Waals surface area contributed by atoms with Crippen LogP contribution in [0.2, 0.25) is 0 Å². The molecule has 0 saturated carbocycles. The largest absolute Gasteiger partial charge is 0.573 e. The molecule has 46 heavy (non-hydrogen) atoms. The second kappa shape index (κ2) is 13.9. The van der Waals surface area contributed by atoms with E-state index in [0.717, 1.165) is 39.7 Å². The van der Waals surface area contributed by atoms with E-state index in [1.807, 2.05) is 0 Å². The van der Waals surface area contributed by atoms with Crippen molar-refractivity contribution in [2.75, 3.05) is 17.2 Å². The summed E-state index contributed by atoms with van der Waals surface area (Å²) in [6, 6.07) is 19.3. The number of amidine groups is 1. The molecule has 0 bridgehead atoms. The predicted octanol–water partition coefficient (Wildman–Crippen LogP) is 6.62. The van der Waals surface area contributed by atoms with Crippen molar-refractivity contribution in [1.82, 2.24) is 20.1 Å². The van der Waals surface area contributed by atoms with Gasteiger partial charge in [-0.1, -0.05) is 53.7 Å². The number of halogens is 3. The number of thioether (sulfide) groups is 1. The number of alkyl halides is 3. The van der Waals surface area contributed by atoms with Crippen LogP contribution in [0.3, 0.4) is 0 Å². The van der Waals surface area contributed by atoms with Gasteiger partial charge in [-0.2, -0.15) is 5.26 Å². The monoisotopic (exact) mass is 649 g/mol. The Morgan fingerprint density at radius 3 is 2.41 bits per heavy atom. The van der Waals surface area contributed by atoms with Crippen LogP contribution in [0.25, 0.3) is 17.1 Å². The average Bonchev–Trinajstić information content (AvgIpc) is 3.49. The molecule has 0 radical (unpaired) electrons. The van der Waals surface area contributed by atoms with Gasteiger partial charge in [0, 0.05) is 29.6 Å². The van der Waals surface area contributed by atoms with Gasteiger partial charge in [0.15, 0.2) is 11.0 Å². The molecule has 3 unspecified atom stereocenters. The Morgan fingerprint density at radius 2 is 1.78 bits per heavy atom. The number of hydrogen-bond acceptors (Lipinski definition) is 8. The lowest BCUT2D eigenvalue weighted by molar-refractivity contribution is -0.274. The number of aliphatic imine (C=N–C) groups is 1. The lowest BCUT2D eigenvalue weighted by atomic mass is 9.99. The van der Waals surface area contributed by atoms with E-state index in [1.54, 1.807) is 36.0 Å². The summed E-state index contributed by atoms with van der Waals surface area (Å²) < 4.78 is 42.7. The number of anilines is 1. The summed E-state index contributed by atoms with van der Waals surface area (Å²) in [5.41, 5.74) is 6.57. The standard InChI is InChI=1S/C33H34F3N7O2S/c1-20-15-21(2)29(22(3)16-20)43-23(4)13-14-46-32(43)40-31(44)38-18-26(17-37)24-5-7-25(8-6-24)30-39-19-42(41-30)27-9-11-28(12-10-27)45-33(34,35)36/h5-12,15-16,19,23,26,31,38,44H,13-14,18H2,1-4H3/b40-32-. The summed E-state index contributed by atoms with van der Waals surface area (Å²) in [6.45, 7) is 8.61. The molecule has 3 atom stereocenters. The molecule has 0 aliphatic carbocycles. The molecule has 240 valence electrons. The molecule has 13 heteroatoms. The minimum Gasteiger partial charge on any atom is -0.406 e. The first kappa shape index (κ1) is 33.0. The summed E-state index contributed by atoms with van der Waals surface area (Å²) in [5, 5.41) is 28.9. The van der Waals surface area contributed by atoms with Crippen molar-refractivity contribution >= 4 is 22.6 Å². The van der Waals surface area contributed by atoms with Crippen LogP contribution in [0.15, 0.2) is 72.0 Å². The predicted molar refractivity (Wildman–Crippen MR) is 173 cm³/mol. The topological polar surface area (TPSA) is 112 Å². The Hall–Kier alpha value is -4.38. The van der Waals surface area contributed by atoms with Gasteiger partial charge >= 0.3 is 6.36 Å². The lowest BCUT2D eigenvalue weighted by Gasteiger charge is -2.38. The van der Waals surface area contributed by atoms with Crippen molar-refractivity contribution < 1.29 is 23.0 Å². The van der Waals surface area contributed by atoms with E-state index in [9.17, 15) is 23.5 Å². The van der Waals surface area contributed by atoms with E-state index in [2.05, 4.69) is 75.9 Å². The Balaban J connectivity index is 1.23. The van der Waals surface area contributed by atoms with Crippen molar-refractivity contribution in [3.63, 3.8) is 0 Å². The number of benzene rings is 3. The van der Waals surface area contributed by atoms with Crippen LogP contribution in [-0.2, 0) is 0 Å². The third-order valence-electron chi connectivity index (χ3n) is 7.58. The van der Waals surface area contributed by atoms with Gasteiger partial charge in [-0.25, -0.2) is 14.7 Å². The van der Waals surface area contributed by atoms with Crippen LogP contribution in [0.1, 0.15) is 41.5 Å². The highest BCUT2D eigenvalue weighted by Gasteiger charge is 2.31. The molecule has 0 spiro atoms. The van der Waals surface area contributed by atoms with Gasteiger partial charge in [0.1, 0.15) is 12.1 Å². The summed E-state index contributed by atoms with van der Waals surface area (Å²) in [4.78, 5) is 11.1.